The lowest BCUT2D eigenvalue weighted by atomic mass is 10.1. The molecule has 0 aromatic heterocycles. The van der Waals surface area contributed by atoms with E-state index in [0.717, 1.165) is 25.9 Å². The van der Waals surface area contributed by atoms with Crippen molar-refractivity contribution in [3.63, 3.8) is 0 Å². The minimum atomic E-state index is -0.372. The topological polar surface area (TPSA) is 59.1 Å². The molecule has 0 fully saturated rings. The van der Waals surface area contributed by atoms with E-state index < -0.39 is 0 Å². The maximum Gasteiger partial charge on any atom is 0.339 e. The van der Waals surface area contributed by atoms with Gasteiger partial charge in [-0.05, 0) is 51.2 Å². The number of unbranched alkanes of at least 4 members (excludes halogenated alkanes) is 22. The van der Waals surface area contributed by atoms with Gasteiger partial charge in [0.15, 0.2) is 0 Å². The Balaban J connectivity index is 2.06. The number of hydrogen-bond donors (Lipinski definition) is 0. The summed E-state index contributed by atoms with van der Waals surface area (Å²) in [5.41, 5.74) is 0.888. The predicted molar refractivity (Wildman–Crippen MR) is 194 cm³/mol. The van der Waals surface area contributed by atoms with Crippen LogP contribution in [0.3, 0.4) is 0 Å². The van der Waals surface area contributed by atoms with Crippen molar-refractivity contribution >= 4 is 11.9 Å². The number of ether oxygens (including phenoxy) is 2. The van der Waals surface area contributed by atoms with Gasteiger partial charge in [-0.25, -0.2) is 9.59 Å². The van der Waals surface area contributed by atoms with Gasteiger partial charge in [-0.2, -0.15) is 0 Å². The first kappa shape index (κ1) is 42.1. The summed E-state index contributed by atoms with van der Waals surface area (Å²) >= 11 is 0. The van der Waals surface area contributed by atoms with Crippen LogP contribution in [0, 0.1) is 0 Å². The van der Waals surface area contributed by atoms with Crippen LogP contribution in [-0.2, 0) is 9.47 Å². The van der Waals surface area contributed by atoms with Gasteiger partial charge in [0.05, 0.1) is 11.1 Å². The third-order valence-corrected chi connectivity index (χ3v) is 8.98. The van der Waals surface area contributed by atoms with Crippen molar-refractivity contribution in [2.75, 3.05) is 40.6 Å². The summed E-state index contributed by atoms with van der Waals surface area (Å²) in [6.45, 7) is 6.92. The molecule has 0 aliphatic rings. The fraction of sp³-hybridized carbons (Fsp3) is 0.800. The molecule has 0 unspecified atom stereocenters. The third kappa shape index (κ3) is 24.3. The molecule has 0 N–H and O–H groups in total. The SMILES string of the molecule is CCCCCCCCCCCCCCN(C)COC(=O)c1ccc(C(=O)OCN(C)CCCCCCCCCCCCCC)cc1. The standard InChI is InChI=1S/C40H72N2O4/c1-5-7-9-11-13-15-17-19-21-23-25-27-33-41(3)35-45-39(43)37-29-31-38(32-30-37)40(44)46-36-42(4)34-28-26-24-22-20-18-16-14-12-10-8-6-2/h29-32H,5-28,33-36H2,1-4H3. The molecule has 0 amide bonds. The number of hydrogen-bond acceptors (Lipinski definition) is 6. The number of rotatable bonds is 32. The summed E-state index contributed by atoms with van der Waals surface area (Å²) in [5.74, 6) is -0.743. The Hall–Kier alpha value is -1.92. The molecule has 266 valence electrons. The van der Waals surface area contributed by atoms with E-state index in [0.29, 0.717) is 11.1 Å². The number of benzene rings is 1. The van der Waals surface area contributed by atoms with Gasteiger partial charge in [0, 0.05) is 13.1 Å². The van der Waals surface area contributed by atoms with Crippen LogP contribution in [0.15, 0.2) is 24.3 Å². The van der Waals surface area contributed by atoms with Crippen molar-refractivity contribution in [3.05, 3.63) is 35.4 Å². The molecule has 6 heteroatoms. The molecule has 0 saturated heterocycles. The van der Waals surface area contributed by atoms with E-state index in [-0.39, 0.29) is 25.4 Å². The van der Waals surface area contributed by atoms with Crippen LogP contribution < -0.4 is 0 Å². The molecule has 0 radical (unpaired) electrons. The van der Waals surface area contributed by atoms with Crippen LogP contribution in [0.1, 0.15) is 189 Å². The zero-order chi connectivity index (χ0) is 33.5. The van der Waals surface area contributed by atoms with Crippen LogP contribution in [0.4, 0.5) is 0 Å². The van der Waals surface area contributed by atoms with Gasteiger partial charge in [0.1, 0.15) is 13.5 Å². The average molecular weight is 645 g/mol. The molecule has 0 spiro atoms. The van der Waals surface area contributed by atoms with Crippen molar-refractivity contribution in [1.29, 1.82) is 0 Å². The minimum absolute atomic E-state index is 0.270. The highest BCUT2D eigenvalue weighted by atomic mass is 16.5. The van der Waals surface area contributed by atoms with Gasteiger partial charge in [-0.3, -0.25) is 9.80 Å². The zero-order valence-electron chi connectivity index (χ0n) is 30.6. The maximum absolute atomic E-state index is 12.5. The molecule has 46 heavy (non-hydrogen) atoms. The smallest absolute Gasteiger partial charge is 0.339 e. The van der Waals surface area contributed by atoms with Crippen LogP contribution in [0.5, 0.6) is 0 Å². The highest BCUT2D eigenvalue weighted by Crippen LogP contribution is 2.14. The number of esters is 2. The summed E-state index contributed by atoms with van der Waals surface area (Å²) in [4.78, 5) is 29.1. The van der Waals surface area contributed by atoms with Crippen LogP contribution in [0.2, 0.25) is 0 Å². The molecule has 0 atom stereocenters. The Kier molecular flexibility index (Phi) is 27.8. The Bertz CT molecular complexity index is 775. The summed E-state index contributed by atoms with van der Waals surface area (Å²) in [6.07, 6.45) is 32.0. The van der Waals surface area contributed by atoms with E-state index in [1.807, 2.05) is 23.9 Å². The van der Waals surface area contributed by atoms with Gasteiger partial charge in [-0.15, -0.1) is 0 Å². The van der Waals surface area contributed by atoms with Crippen molar-refractivity contribution in [1.82, 2.24) is 9.80 Å². The Morgan fingerprint density at radius 1 is 0.435 bits per heavy atom. The van der Waals surface area contributed by atoms with Crippen molar-refractivity contribution in [2.24, 2.45) is 0 Å². The highest BCUT2D eigenvalue weighted by Gasteiger charge is 2.13. The fourth-order valence-electron chi connectivity index (χ4n) is 5.82. The van der Waals surface area contributed by atoms with E-state index in [1.165, 1.54) is 141 Å². The quantitative estimate of drug-likeness (QED) is 0.0442. The van der Waals surface area contributed by atoms with Crippen LogP contribution in [-0.4, -0.2) is 62.4 Å². The lowest BCUT2D eigenvalue weighted by molar-refractivity contribution is 0.0258. The van der Waals surface area contributed by atoms with Gasteiger partial charge < -0.3 is 9.47 Å². The van der Waals surface area contributed by atoms with Crippen LogP contribution >= 0.6 is 0 Å². The molecular formula is C40H72N2O4. The third-order valence-electron chi connectivity index (χ3n) is 8.98. The van der Waals surface area contributed by atoms with Crippen molar-refractivity contribution in [3.8, 4) is 0 Å². The molecule has 0 aliphatic heterocycles. The first-order valence-corrected chi connectivity index (χ1v) is 19.3. The fourth-order valence-corrected chi connectivity index (χ4v) is 5.82. The second kappa shape index (κ2) is 30.4. The monoisotopic (exact) mass is 645 g/mol. The molecule has 1 aromatic carbocycles. The first-order chi connectivity index (χ1) is 22.5. The maximum atomic E-state index is 12.5. The zero-order valence-corrected chi connectivity index (χ0v) is 30.6. The van der Waals surface area contributed by atoms with Crippen molar-refractivity contribution in [2.45, 2.75) is 168 Å². The van der Waals surface area contributed by atoms with Gasteiger partial charge in [0.2, 0.25) is 0 Å². The molecule has 1 rings (SSSR count). The summed E-state index contributed by atoms with van der Waals surface area (Å²) in [7, 11) is 3.97. The first-order valence-electron chi connectivity index (χ1n) is 19.3. The summed E-state index contributed by atoms with van der Waals surface area (Å²) in [6, 6.07) is 6.56. The second-order valence-corrected chi connectivity index (χ2v) is 13.6. The van der Waals surface area contributed by atoms with E-state index >= 15 is 0 Å². The molecule has 6 nitrogen and oxygen atoms in total. The molecule has 1 aromatic rings. The number of carbonyl (C=O) groups is 2. The minimum Gasteiger partial charge on any atom is -0.446 e. The van der Waals surface area contributed by atoms with Gasteiger partial charge >= 0.3 is 11.9 Å². The largest absolute Gasteiger partial charge is 0.446 e. The van der Waals surface area contributed by atoms with Gasteiger partial charge in [-0.1, -0.05) is 155 Å². The van der Waals surface area contributed by atoms with E-state index in [1.54, 1.807) is 24.3 Å². The lowest BCUT2D eigenvalue weighted by Crippen LogP contribution is -2.25. The number of carbonyl (C=O) groups excluding carboxylic acids is 2. The second-order valence-electron chi connectivity index (χ2n) is 13.6. The summed E-state index contributed by atoms with van der Waals surface area (Å²) < 4.78 is 11.0. The molecule has 0 saturated carbocycles. The Morgan fingerprint density at radius 3 is 0.935 bits per heavy atom. The summed E-state index contributed by atoms with van der Waals surface area (Å²) in [5, 5.41) is 0. The van der Waals surface area contributed by atoms with Crippen LogP contribution in [0.25, 0.3) is 0 Å². The molecule has 0 heterocycles. The Morgan fingerprint density at radius 2 is 0.674 bits per heavy atom. The predicted octanol–water partition coefficient (Wildman–Crippen LogP) is 11.2. The lowest BCUT2D eigenvalue weighted by Gasteiger charge is -2.17. The van der Waals surface area contributed by atoms with E-state index in [4.69, 9.17) is 9.47 Å². The molecule has 0 bridgehead atoms. The Labute approximate surface area is 284 Å². The molecular weight excluding hydrogens is 572 g/mol. The normalized spacial score (nSPS) is 11.4. The van der Waals surface area contributed by atoms with Gasteiger partial charge in [0.25, 0.3) is 0 Å². The highest BCUT2D eigenvalue weighted by molar-refractivity contribution is 5.93. The van der Waals surface area contributed by atoms with E-state index in [2.05, 4.69) is 13.8 Å². The van der Waals surface area contributed by atoms with Crippen molar-refractivity contribution < 1.29 is 19.1 Å². The van der Waals surface area contributed by atoms with E-state index in [9.17, 15) is 9.59 Å². The molecule has 0 aliphatic carbocycles. The average Bonchev–Trinajstić information content (AvgIpc) is 3.07. The number of nitrogens with zero attached hydrogens (tertiary/aromatic N) is 2.